The van der Waals surface area contributed by atoms with Crippen LogP contribution in [0.15, 0.2) is 11.1 Å². The number of hydrogen-bond donors (Lipinski definition) is 0. The minimum absolute atomic E-state index is 0. The van der Waals surface area contributed by atoms with Gasteiger partial charge in [-0.15, -0.1) is 0 Å². The average Bonchev–Trinajstić information content (AvgIpc) is 2.94. The molecule has 6 heteroatoms. The van der Waals surface area contributed by atoms with Crippen LogP contribution in [0.1, 0.15) is 151 Å². The summed E-state index contributed by atoms with van der Waals surface area (Å²) < 4.78 is 11.5. The topological polar surface area (TPSA) is 86.7 Å². The van der Waals surface area contributed by atoms with Gasteiger partial charge < -0.3 is 9.47 Å². The zero-order valence-electron chi connectivity index (χ0n) is 31.0. The van der Waals surface area contributed by atoms with Crippen molar-refractivity contribution >= 4 is 34.7 Å². The molecular formula is C44H64O6. The summed E-state index contributed by atoms with van der Waals surface area (Å²) in [5.74, 6) is -0.618. The van der Waals surface area contributed by atoms with Gasteiger partial charge in [-0.1, -0.05) is 22.3 Å². The number of Topliss-reactive ketones (excluding diaryl/α,β-unsaturated/α-hetero) is 2. The SMILES string of the molecule is C.C.C.CC(=O)OC(C)(C)C1=C(C)C(=O)Cc2c(C)c(CCCc3c(C)c(C)c4c(c3C)CC(=O)C(C)=C4C(C)(C)OC(C)=O)c(C)c(C)c21. The Bertz CT molecular complexity index is 1680. The van der Waals surface area contributed by atoms with Gasteiger partial charge in [-0.05, 0) is 169 Å². The molecule has 0 unspecified atom stereocenters. The second kappa shape index (κ2) is 15.6. The van der Waals surface area contributed by atoms with Crippen LogP contribution >= 0.6 is 0 Å². The van der Waals surface area contributed by atoms with E-state index in [9.17, 15) is 19.2 Å². The zero-order valence-corrected chi connectivity index (χ0v) is 31.0. The van der Waals surface area contributed by atoms with Crippen LogP contribution in [0.3, 0.4) is 0 Å². The average molecular weight is 689 g/mol. The highest BCUT2D eigenvalue weighted by molar-refractivity contribution is 6.10. The van der Waals surface area contributed by atoms with Crippen molar-refractivity contribution in [2.45, 2.75) is 163 Å². The van der Waals surface area contributed by atoms with E-state index < -0.39 is 11.2 Å². The molecule has 0 aromatic heterocycles. The Labute approximate surface area is 303 Å². The first-order valence-electron chi connectivity index (χ1n) is 16.8. The third-order valence-electron chi connectivity index (χ3n) is 10.8. The molecule has 0 radical (unpaired) electrons. The summed E-state index contributed by atoms with van der Waals surface area (Å²) in [7, 11) is 0. The Hall–Kier alpha value is -3.80. The fraction of sp³-hybridized carbons (Fsp3) is 0.545. The summed E-state index contributed by atoms with van der Waals surface area (Å²) in [5.41, 5.74) is 14.7. The number of carbonyl (C=O) groups excluding carboxylic acids is 4. The van der Waals surface area contributed by atoms with Gasteiger partial charge in [0.25, 0.3) is 0 Å². The fourth-order valence-corrected chi connectivity index (χ4v) is 8.46. The summed E-state index contributed by atoms with van der Waals surface area (Å²) in [6, 6.07) is 0. The smallest absolute Gasteiger partial charge is 0.303 e. The highest BCUT2D eigenvalue weighted by Gasteiger charge is 2.39. The molecule has 0 heterocycles. The first kappa shape index (κ1) is 44.2. The lowest BCUT2D eigenvalue weighted by Crippen LogP contribution is -2.34. The number of ether oxygens (including phenoxy) is 2. The Morgan fingerprint density at radius 1 is 0.540 bits per heavy atom. The number of benzene rings is 2. The van der Waals surface area contributed by atoms with Gasteiger partial charge in [-0.2, -0.15) is 0 Å². The number of allylic oxidation sites excluding steroid dienone is 2. The Kier molecular flexibility index (Phi) is 13.8. The maximum absolute atomic E-state index is 13.3. The van der Waals surface area contributed by atoms with Crippen molar-refractivity contribution in [3.8, 4) is 0 Å². The largest absolute Gasteiger partial charge is 0.455 e. The molecule has 0 saturated carbocycles. The number of rotatable bonds is 8. The molecule has 6 nitrogen and oxygen atoms in total. The standard InChI is InChI=1S/C41H52O6.3CH4/c1-20-22(3)36-32(18-34(44)26(7)38(36)40(11,12)46-28(9)42)24(5)30(20)16-15-17-31-21(2)23(4)37-33(25(31)6)19-35(45)27(8)39(37)41(13,14)47-29(10)43;;;/h15-19H2,1-14H3;3*1H4. The van der Waals surface area contributed by atoms with Crippen LogP contribution in [0.2, 0.25) is 0 Å². The lowest BCUT2D eigenvalue weighted by molar-refractivity contribution is -0.150. The predicted molar refractivity (Wildman–Crippen MR) is 208 cm³/mol. The third kappa shape index (κ3) is 7.60. The van der Waals surface area contributed by atoms with Crippen molar-refractivity contribution in [2.75, 3.05) is 0 Å². The molecule has 2 aromatic carbocycles. The second-order valence-corrected chi connectivity index (χ2v) is 14.7. The number of esters is 2. The first-order chi connectivity index (χ1) is 21.6. The van der Waals surface area contributed by atoms with E-state index in [-0.39, 0.29) is 45.8 Å². The number of ketones is 2. The summed E-state index contributed by atoms with van der Waals surface area (Å²) in [4.78, 5) is 50.7. The predicted octanol–water partition coefficient (Wildman–Crippen LogP) is 10.1. The Morgan fingerprint density at radius 2 is 0.840 bits per heavy atom. The molecule has 2 aliphatic rings. The molecule has 0 atom stereocenters. The van der Waals surface area contributed by atoms with E-state index in [0.29, 0.717) is 24.0 Å². The molecule has 50 heavy (non-hydrogen) atoms. The highest BCUT2D eigenvalue weighted by Crippen LogP contribution is 2.46. The normalized spacial score (nSPS) is 14.3. The highest BCUT2D eigenvalue weighted by atomic mass is 16.6. The van der Waals surface area contributed by atoms with Gasteiger partial charge >= 0.3 is 11.9 Å². The minimum atomic E-state index is -0.937. The molecule has 276 valence electrons. The van der Waals surface area contributed by atoms with E-state index in [1.165, 1.54) is 36.1 Å². The van der Waals surface area contributed by atoms with Gasteiger partial charge in [0.1, 0.15) is 11.2 Å². The van der Waals surface area contributed by atoms with Crippen molar-refractivity contribution in [1.29, 1.82) is 0 Å². The quantitative estimate of drug-likeness (QED) is 0.257. The van der Waals surface area contributed by atoms with Crippen molar-refractivity contribution < 1.29 is 28.7 Å². The molecule has 0 aliphatic heterocycles. The number of carbonyl (C=O) groups is 4. The lowest BCUT2D eigenvalue weighted by atomic mass is 9.72. The molecule has 0 bridgehead atoms. The minimum Gasteiger partial charge on any atom is -0.455 e. The van der Waals surface area contributed by atoms with Crippen LogP contribution in [-0.4, -0.2) is 34.7 Å². The molecule has 2 aliphatic carbocycles. The molecular weight excluding hydrogens is 624 g/mol. The van der Waals surface area contributed by atoms with Crippen molar-refractivity contribution in [3.63, 3.8) is 0 Å². The van der Waals surface area contributed by atoms with Crippen LogP contribution in [0.4, 0.5) is 0 Å². The van der Waals surface area contributed by atoms with E-state index in [1.807, 2.05) is 41.5 Å². The van der Waals surface area contributed by atoms with E-state index in [0.717, 1.165) is 74.9 Å². The maximum atomic E-state index is 13.3. The van der Waals surface area contributed by atoms with Crippen LogP contribution < -0.4 is 0 Å². The molecule has 4 rings (SSSR count). The van der Waals surface area contributed by atoms with Gasteiger partial charge in [0.05, 0.1) is 0 Å². The summed E-state index contributed by atoms with van der Waals surface area (Å²) in [6.45, 7) is 26.8. The van der Waals surface area contributed by atoms with Crippen LogP contribution in [-0.2, 0) is 54.3 Å². The van der Waals surface area contributed by atoms with E-state index in [4.69, 9.17) is 9.47 Å². The summed E-state index contributed by atoms with van der Waals surface area (Å²) in [6.07, 6.45) is 3.29. The Morgan fingerprint density at radius 3 is 1.12 bits per heavy atom. The lowest BCUT2D eigenvalue weighted by Gasteiger charge is -2.36. The van der Waals surface area contributed by atoms with Gasteiger partial charge in [0, 0.05) is 49.0 Å². The van der Waals surface area contributed by atoms with Crippen molar-refractivity contribution in [1.82, 2.24) is 0 Å². The summed E-state index contributed by atoms with van der Waals surface area (Å²) in [5, 5.41) is 0. The van der Waals surface area contributed by atoms with Gasteiger partial charge in [-0.25, -0.2) is 0 Å². The van der Waals surface area contributed by atoms with Crippen molar-refractivity contribution in [3.05, 3.63) is 77.9 Å². The Balaban J connectivity index is 0.00000417. The zero-order chi connectivity index (χ0) is 35.5. The van der Waals surface area contributed by atoms with Gasteiger partial charge in [0.2, 0.25) is 0 Å². The molecule has 0 N–H and O–H groups in total. The molecule has 0 fully saturated rings. The summed E-state index contributed by atoms with van der Waals surface area (Å²) >= 11 is 0. The van der Waals surface area contributed by atoms with Crippen molar-refractivity contribution in [2.24, 2.45) is 0 Å². The number of hydrogen-bond acceptors (Lipinski definition) is 6. The van der Waals surface area contributed by atoms with Gasteiger partial charge in [0.15, 0.2) is 11.6 Å². The van der Waals surface area contributed by atoms with Crippen LogP contribution in [0.5, 0.6) is 0 Å². The van der Waals surface area contributed by atoms with E-state index in [2.05, 4.69) is 41.5 Å². The van der Waals surface area contributed by atoms with Gasteiger partial charge in [-0.3, -0.25) is 19.2 Å². The maximum Gasteiger partial charge on any atom is 0.303 e. The van der Waals surface area contributed by atoms with E-state index >= 15 is 0 Å². The molecule has 2 aromatic rings. The first-order valence-corrected chi connectivity index (χ1v) is 16.8. The molecule has 0 saturated heterocycles. The molecule has 0 spiro atoms. The monoisotopic (exact) mass is 688 g/mol. The van der Waals surface area contributed by atoms with Crippen LogP contribution in [0, 0.1) is 41.5 Å². The fourth-order valence-electron chi connectivity index (χ4n) is 8.46. The third-order valence-corrected chi connectivity index (χ3v) is 10.8. The van der Waals surface area contributed by atoms with E-state index in [1.54, 1.807) is 0 Å². The van der Waals surface area contributed by atoms with Crippen LogP contribution in [0.25, 0.3) is 11.1 Å². The molecule has 0 amide bonds. The second-order valence-electron chi connectivity index (χ2n) is 14.7. The number of fused-ring (bicyclic) bond motifs is 2.